The Balaban J connectivity index is 2.64. The third kappa shape index (κ3) is 1.19. The van der Waals surface area contributed by atoms with E-state index in [9.17, 15) is 4.79 Å². The zero-order chi connectivity index (χ0) is 9.26. The molecule has 0 spiro atoms. The molecule has 13 heavy (non-hydrogen) atoms. The second-order valence-electron chi connectivity index (χ2n) is 2.58. The highest BCUT2D eigenvalue weighted by Crippen LogP contribution is 2.04. The number of fused-ring (bicyclic) bond motifs is 1. The number of hydrogen-bond acceptors (Lipinski definition) is 4. The van der Waals surface area contributed by atoms with Gasteiger partial charge in [-0.3, -0.25) is 14.2 Å². The molecule has 2 aromatic rings. The average molecular weight is 176 g/mol. The van der Waals surface area contributed by atoms with Gasteiger partial charge in [-0.25, -0.2) is 4.98 Å². The van der Waals surface area contributed by atoms with Gasteiger partial charge in [0.2, 0.25) is 0 Å². The SMILES string of the molecule is NCC(=O)c1cnc2cnccn12. The molecular formula is C8H8N4O. The van der Waals surface area contributed by atoms with Gasteiger partial charge in [0.25, 0.3) is 0 Å². The summed E-state index contributed by atoms with van der Waals surface area (Å²) in [6, 6.07) is 0. The van der Waals surface area contributed by atoms with Crippen molar-refractivity contribution in [2.45, 2.75) is 0 Å². The number of hydrogen-bond donors (Lipinski definition) is 1. The van der Waals surface area contributed by atoms with Crippen LogP contribution in [0.2, 0.25) is 0 Å². The normalized spacial score (nSPS) is 10.5. The van der Waals surface area contributed by atoms with Crippen molar-refractivity contribution in [1.82, 2.24) is 14.4 Å². The van der Waals surface area contributed by atoms with Gasteiger partial charge in [0.05, 0.1) is 18.9 Å². The van der Waals surface area contributed by atoms with Gasteiger partial charge in [-0.1, -0.05) is 0 Å². The van der Waals surface area contributed by atoms with Crippen LogP contribution in [0, 0.1) is 0 Å². The summed E-state index contributed by atoms with van der Waals surface area (Å²) in [6.45, 7) is -0.00385. The van der Waals surface area contributed by atoms with Crippen LogP contribution < -0.4 is 5.73 Å². The molecule has 0 unspecified atom stereocenters. The molecule has 0 bridgehead atoms. The maximum Gasteiger partial charge on any atom is 0.194 e. The van der Waals surface area contributed by atoms with Crippen molar-refractivity contribution in [2.75, 3.05) is 6.54 Å². The number of nitrogens with zero attached hydrogens (tertiary/aromatic N) is 3. The molecule has 0 radical (unpaired) electrons. The fraction of sp³-hybridized carbons (Fsp3) is 0.125. The first-order valence-corrected chi connectivity index (χ1v) is 3.83. The molecule has 0 aliphatic rings. The summed E-state index contributed by atoms with van der Waals surface area (Å²) >= 11 is 0. The topological polar surface area (TPSA) is 73.3 Å². The summed E-state index contributed by atoms with van der Waals surface area (Å²) in [5.41, 5.74) is 6.40. The third-order valence-corrected chi connectivity index (χ3v) is 1.79. The lowest BCUT2D eigenvalue weighted by molar-refractivity contribution is 0.0996. The Morgan fingerprint density at radius 1 is 1.54 bits per heavy atom. The van der Waals surface area contributed by atoms with Crippen molar-refractivity contribution < 1.29 is 4.79 Å². The number of aromatic nitrogens is 3. The molecule has 2 heterocycles. The van der Waals surface area contributed by atoms with E-state index in [4.69, 9.17) is 5.73 Å². The van der Waals surface area contributed by atoms with Crippen LogP contribution in [0.4, 0.5) is 0 Å². The fourth-order valence-corrected chi connectivity index (χ4v) is 1.15. The minimum absolute atomic E-state index is 0.00385. The van der Waals surface area contributed by atoms with Gasteiger partial charge in [-0.05, 0) is 0 Å². The van der Waals surface area contributed by atoms with E-state index in [1.54, 1.807) is 23.0 Å². The summed E-state index contributed by atoms with van der Waals surface area (Å²) in [7, 11) is 0. The molecule has 0 aromatic carbocycles. The molecule has 0 saturated heterocycles. The summed E-state index contributed by atoms with van der Waals surface area (Å²) < 4.78 is 1.67. The van der Waals surface area contributed by atoms with Crippen LogP contribution >= 0.6 is 0 Å². The van der Waals surface area contributed by atoms with Gasteiger partial charge in [0, 0.05) is 12.4 Å². The minimum atomic E-state index is -0.126. The van der Waals surface area contributed by atoms with E-state index in [-0.39, 0.29) is 12.3 Å². The first-order chi connectivity index (χ1) is 6.33. The second-order valence-corrected chi connectivity index (χ2v) is 2.58. The Morgan fingerprint density at radius 3 is 3.15 bits per heavy atom. The molecule has 5 heteroatoms. The van der Waals surface area contributed by atoms with Gasteiger partial charge in [0.1, 0.15) is 5.69 Å². The van der Waals surface area contributed by atoms with Gasteiger partial charge >= 0.3 is 0 Å². The van der Waals surface area contributed by atoms with Crippen molar-refractivity contribution in [3.8, 4) is 0 Å². The van der Waals surface area contributed by atoms with Crippen LogP contribution in [0.3, 0.4) is 0 Å². The van der Waals surface area contributed by atoms with Crippen LogP contribution in [0.1, 0.15) is 10.5 Å². The smallest absolute Gasteiger partial charge is 0.194 e. The molecule has 0 amide bonds. The number of carbonyl (C=O) groups is 1. The van der Waals surface area contributed by atoms with E-state index in [0.717, 1.165) is 0 Å². The zero-order valence-electron chi connectivity index (χ0n) is 6.84. The van der Waals surface area contributed by atoms with Crippen molar-refractivity contribution in [1.29, 1.82) is 0 Å². The van der Waals surface area contributed by atoms with E-state index in [1.807, 2.05) is 0 Å². The van der Waals surface area contributed by atoms with Crippen LogP contribution in [-0.4, -0.2) is 26.7 Å². The predicted octanol–water partition coefficient (Wildman–Crippen LogP) is -0.129. The Hall–Kier alpha value is -1.75. The van der Waals surface area contributed by atoms with Crippen LogP contribution in [-0.2, 0) is 0 Å². The highest BCUT2D eigenvalue weighted by Gasteiger charge is 2.08. The number of Topliss-reactive ketones (excluding diaryl/α,β-unsaturated/α-hetero) is 1. The van der Waals surface area contributed by atoms with E-state index < -0.39 is 0 Å². The summed E-state index contributed by atoms with van der Waals surface area (Å²) in [4.78, 5) is 19.2. The van der Waals surface area contributed by atoms with Crippen molar-refractivity contribution in [2.24, 2.45) is 5.73 Å². The van der Waals surface area contributed by atoms with Crippen molar-refractivity contribution in [3.05, 3.63) is 30.5 Å². The predicted molar refractivity (Wildman–Crippen MR) is 46.4 cm³/mol. The lowest BCUT2D eigenvalue weighted by Crippen LogP contribution is -2.15. The Bertz CT molecular complexity index is 448. The van der Waals surface area contributed by atoms with E-state index in [2.05, 4.69) is 9.97 Å². The number of rotatable bonds is 2. The maximum atomic E-state index is 11.3. The lowest BCUT2D eigenvalue weighted by Gasteiger charge is -1.96. The number of imidazole rings is 1. The van der Waals surface area contributed by atoms with Crippen LogP contribution in [0.15, 0.2) is 24.8 Å². The molecule has 0 atom stereocenters. The molecule has 0 aliphatic heterocycles. The van der Waals surface area contributed by atoms with E-state index in [1.165, 1.54) is 6.20 Å². The Labute approximate surface area is 74.2 Å². The van der Waals surface area contributed by atoms with E-state index >= 15 is 0 Å². The first kappa shape index (κ1) is 7.88. The van der Waals surface area contributed by atoms with E-state index in [0.29, 0.717) is 11.3 Å². The Kier molecular flexibility index (Phi) is 1.79. The maximum absolute atomic E-state index is 11.3. The lowest BCUT2D eigenvalue weighted by atomic mass is 10.3. The van der Waals surface area contributed by atoms with Gasteiger partial charge < -0.3 is 5.73 Å². The molecule has 0 saturated carbocycles. The number of carbonyl (C=O) groups excluding carboxylic acids is 1. The molecular weight excluding hydrogens is 168 g/mol. The summed E-state index contributed by atoms with van der Waals surface area (Å²) in [5.74, 6) is -0.126. The monoisotopic (exact) mass is 176 g/mol. The highest BCUT2D eigenvalue weighted by molar-refractivity contribution is 5.96. The second kappa shape index (κ2) is 2.95. The van der Waals surface area contributed by atoms with Gasteiger partial charge in [-0.15, -0.1) is 0 Å². The summed E-state index contributed by atoms with van der Waals surface area (Å²) in [6.07, 6.45) is 6.38. The molecule has 5 nitrogen and oxygen atoms in total. The molecule has 0 aliphatic carbocycles. The number of ketones is 1. The summed E-state index contributed by atoms with van der Waals surface area (Å²) in [5, 5.41) is 0. The van der Waals surface area contributed by atoms with Crippen LogP contribution in [0.25, 0.3) is 5.65 Å². The zero-order valence-corrected chi connectivity index (χ0v) is 6.84. The van der Waals surface area contributed by atoms with Gasteiger partial charge in [0.15, 0.2) is 11.4 Å². The number of nitrogens with two attached hydrogens (primary N) is 1. The average Bonchev–Trinajstić information content (AvgIpc) is 2.60. The standard InChI is InChI=1S/C8H8N4O/c9-3-7(13)6-4-11-8-5-10-1-2-12(6)8/h1-2,4-5H,3,9H2. The first-order valence-electron chi connectivity index (χ1n) is 3.83. The molecule has 66 valence electrons. The molecule has 2 N–H and O–H groups in total. The quantitative estimate of drug-likeness (QED) is 0.647. The van der Waals surface area contributed by atoms with Crippen LogP contribution in [0.5, 0.6) is 0 Å². The minimum Gasteiger partial charge on any atom is -0.324 e. The van der Waals surface area contributed by atoms with Gasteiger partial charge in [-0.2, -0.15) is 0 Å². The highest BCUT2D eigenvalue weighted by atomic mass is 16.1. The Morgan fingerprint density at radius 2 is 2.38 bits per heavy atom. The molecule has 2 aromatic heterocycles. The van der Waals surface area contributed by atoms with Crippen molar-refractivity contribution >= 4 is 11.4 Å². The largest absolute Gasteiger partial charge is 0.324 e. The fourth-order valence-electron chi connectivity index (χ4n) is 1.15. The third-order valence-electron chi connectivity index (χ3n) is 1.79. The van der Waals surface area contributed by atoms with Crippen molar-refractivity contribution in [3.63, 3.8) is 0 Å². The molecule has 0 fully saturated rings. The molecule has 2 rings (SSSR count).